The number of anilines is 1. The molecule has 130 valence electrons. The number of hydrogen-bond donors (Lipinski definition) is 1. The van der Waals surface area contributed by atoms with Gasteiger partial charge in [-0.15, -0.1) is 0 Å². The van der Waals surface area contributed by atoms with Gasteiger partial charge in [0.15, 0.2) is 18.9 Å². The number of rotatable bonds is 3. The molecule has 0 unspecified atom stereocenters. The average molecular weight is 363 g/mol. The number of hydrogen-bond acceptors (Lipinski definition) is 1. The van der Waals surface area contributed by atoms with E-state index in [2.05, 4.69) is 53.5 Å². The minimum absolute atomic E-state index is 0. The van der Waals surface area contributed by atoms with E-state index in [4.69, 9.17) is 0 Å². The summed E-state index contributed by atoms with van der Waals surface area (Å²) in [6.45, 7) is 2.97. The van der Waals surface area contributed by atoms with Gasteiger partial charge in [0, 0.05) is 34.5 Å². The number of benzene rings is 2. The highest BCUT2D eigenvalue weighted by Crippen LogP contribution is 2.32. The summed E-state index contributed by atoms with van der Waals surface area (Å²) in [6.07, 6.45) is 6.05. The van der Waals surface area contributed by atoms with E-state index in [1.807, 2.05) is 42.5 Å². The third-order valence-corrected chi connectivity index (χ3v) is 4.55. The summed E-state index contributed by atoms with van der Waals surface area (Å²) < 4.78 is 2.15. The van der Waals surface area contributed by atoms with E-state index in [1.54, 1.807) is 0 Å². The van der Waals surface area contributed by atoms with Gasteiger partial charge in [-0.2, -0.15) is 0 Å². The molecule has 4 heteroatoms. The third kappa shape index (κ3) is 3.53. The van der Waals surface area contributed by atoms with Crippen LogP contribution in [-0.4, -0.2) is 5.91 Å². The lowest BCUT2D eigenvalue weighted by Crippen LogP contribution is -3.00. The number of amides is 1. The number of carbonyl (C=O) groups excluding carboxylic acids is 1. The van der Waals surface area contributed by atoms with Crippen LogP contribution in [0.15, 0.2) is 73.1 Å². The predicted octanol–water partition coefficient (Wildman–Crippen LogP) is 0.828. The zero-order valence-electron chi connectivity index (χ0n) is 14.4. The second kappa shape index (κ2) is 7.54. The Morgan fingerprint density at radius 2 is 1.65 bits per heavy atom. The van der Waals surface area contributed by atoms with Crippen molar-refractivity contribution in [3.05, 3.63) is 95.3 Å². The maximum atomic E-state index is 12.2. The Balaban J connectivity index is 0.00000196. The first-order chi connectivity index (χ1) is 12.2. The first-order valence-electron chi connectivity index (χ1n) is 8.37. The van der Waals surface area contributed by atoms with Crippen molar-refractivity contribution >= 4 is 23.2 Å². The molecule has 0 saturated carbocycles. The van der Waals surface area contributed by atoms with Gasteiger partial charge >= 0.3 is 0 Å². The number of pyridine rings is 1. The first kappa shape index (κ1) is 17.9. The molecule has 3 nitrogen and oxygen atoms in total. The van der Waals surface area contributed by atoms with Crippen LogP contribution in [0.5, 0.6) is 0 Å². The molecule has 0 aliphatic carbocycles. The second-order valence-corrected chi connectivity index (χ2v) is 6.29. The van der Waals surface area contributed by atoms with Crippen molar-refractivity contribution in [2.45, 2.75) is 13.5 Å². The lowest BCUT2D eigenvalue weighted by Gasteiger charge is -2.02. The van der Waals surface area contributed by atoms with Crippen LogP contribution in [0.3, 0.4) is 0 Å². The smallest absolute Gasteiger partial charge is 0.256 e. The van der Waals surface area contributed by atoms with Crippen LogP contribution in [0.2, 0.25) is 0 Å². The summed E-state index contributed by atoms with van der Waals surface area (Å²) >= 11 is 0. The Bertz CT molecular complexity index is 977. The highest BCUT2D eigenvalue weighted by molar-refractivity contribution is 6.34. The zero-order valence-corrected chi connectivity index (χ0v) is 15.2. The Labute approximate surface area is 159 Å². The Hall–Kier alpha value is -2.91. The van der Waals surface area contributed by atoms with Gasteiger partial charge < -0.3 is 17.7 Å². The summed E-state index contributed by atoms with van der Waals surface area (Å²) in [7, 11) is 0. The van der Waals surface area contributed by atoms with Crippen LogP contribution in [0.4, 0.5) is 5.69 Å². The predicted molar refractivity (Wildman–Crippen MR) is 99.9 cm³/mol. The minimum atomic E-state index is -0.0437. The largest absolute Gasteiger partial charge is 1.00 e. The number of aryl methyl sites for hydroxylation is 1. The number of fused-ring (bicyclic) bond motifs is 1. The number of nitrogens with zero attached hydrogens (tertiary/aromatic N) is 1. The topological polar surface area (TPSA) is 33.0 Å². The van der Waals surface area contributed by atoms with E-state index >= 15 is 0 Å². The fraction of sp³-hybridized carbons (Fsp3) is 0.0909. The molecule has 3 aromatic rings. The van der Waals surface area contributed by atoms with Gasteiger partial charge in [0.2, 0.25) is 0 Å². The van der Waals surface area contributed by atoms with Crippen LogP contribution < -0.4 is 22.3 Å². The fourth-order valence-corrected chi connectivity index (χ4v) is 3.10. The molecule has 0 saturated heterocycles. The van der Waals surface area contributed by atoms with Crippen LogP contribution in [0, 0.1) is 6.92 Å². The molecule has 1 aromatic heterocycles. The van der Waals surface area contributed by atoms with Crippen LogP contribution in [0.25, 0.3) is 11.6 Å². The molecule has 26 heavy (non-hydrogen) atoms. The van der Waals surface area contributed by atoms with E-state index in [9.17, 15) is 4.79 Å². The van der Waals surface area contributed by atoms with Crippen molar-refractivity contribution < 1.29 is 21.8 Å². The standard InChI is InChI=1S/C22H18N2O.ClH/c1-16-6-2-3-7-18(16)15-24-12-10-17(11-13-24)14-20-19-8-4-5-9-21(19)23-22(20)25;/h2-14H,15H2,1H3;1H. The number of carbonyl (C=O) groups is 1. The van der Waals surface area contributed by atoms with Gasteiger partial charge in [0.1, 0.15) is 0 Å². The van der Waals surface area contributed by atoms with E-state index < -0.39 is 0 Å². The second-order valence-electron chi connectivity index (χ2n) is 6.29. The number of para-hydroxylation sites is 1. The Morgan fingerprint density at radius 1 is 0.962 bits per heavy atom. The summed E-state index contributed by atoms with van der Waals surface area (Å²) in [5.74, 6) is -0.0437. The third-order valence-electron chi connectivity index (χ3n) is 4.55. The summed E-state index contributed by atoms with van der Waals surface area (Å²) in [5, 5.41) is 2.91. The van der Waals surface area contributed by atoms with E-state index in [0.717, 1.165) is 23.4 Å². The van der Waals surface area contributed by atoms with Crippen molar-refractivity contribution in [1.29, 1.82) is 0 Å². The molecule has 0 bridgehead atoms. The molecule has 2 aromatic carbocycles. The Kier molecular flexibility index (Phi) is 5.19. The van der Waals surface area contributed by atoms with E-state index in [0.29, 0.717) is 5.57 Å². The molecule has 4 rings (SSSR count). The molecule has 0 atom stereocenters. The maximum Gasteiger partial charge on any atom is 0.256 e. The van der Waals surface area contributed by atoms with E-state index in [-0.39, 0.29) is 18.3 Å². The SMILES string of the molecule is Cc1ccccc1C[n+]1ccc(/C=C2/C(=O)Nc3ccccc32)cc1.[Cl-]. The van der Waals surface area contributed by atoms with Crippen molar-refractivity contribution in [3.63, 3.8) is 0 Å². The lowest BCUT2D eigenvalue weighted by atomic mass is 10.0. The number of halogens is 1. The molecule has 0 fully saturated rings. The molecule has 1 aliphatic heterocycles. The number of nitrogens with one attached hydrogen (secondary N) is 1. The summed E-state index contributed by atoms with van der Waals surface area (Å²) in [5.41, 5.74) is 6.17. The van der Waals surface area contributed by atoms with Crippen LogP contribution in [0.1, 0.15) is 22.3 Å². The summed E-state index contributed by atoms with van der Waals surface area (Å²) in [6, 6.07) is 20.3. The van der Waals surface area contributed by atoms with Crippen LogP contribution in [-0.2, 0) is 11.3 Å². The Morgan fingerprint density at radius 3 is 2.42 bits per heavy atom. The molecule has 2 heterocycles. The van der Waals surface area contributed by atoms with Crippen LogP contribution >= 0.6 is 0 Å². The van der Waals surface area contributed by atoms with Crippen molar-refractivity contribution in [2.24, 2.45) is 0 Å². The monoisotopic (exact) mass is 362 g/mol. The van der Waals surface area contributed by atoms with Gasteiger partial charge in [-0.1, -0.05) is 42.5 Å². The normalized spacial score (nSPS) is 13.9. The van der Waals surface area contributed by atoms with Gasteiger partial charge in [-0.05, 0) is 30.2 Å². The minimum Gasteiger partial charge on any atom is -1.00 e. The number of aromatic nitrogens is 1. The highest BCUT2D eigenvalue weighted by Gasteiger charge is 2.23. The molecular weight excluding hydrogens is 344 g/mol. The quantitative estimate of drug-likeness (QED) is 0.543. The maximum absolute atomic E-state index is 12.2. The fourth-order valence-electron chi connectivity index (χ4n) is 3.10. The summed E-state index contributed by atoms with van der Waals surface area (Å²) in [4.78, 5) is 12.2. The highest BCUT2D eigenvalue weighted by atomic mass is 35.5. The molecule has 1 aliphatic rings. The van der Waals surface area contributed by atoms with Gasteiger partial charge in [0.25, 0.3) is 5.91 Å². The van der Waals surface area contributed by atoms with Gasteiger partial charge in [0.05, 0.1) is 0 Å². The van der Waals surface area contributed by atoms with E-state index in [1.165, 1.54) is 11.1 Å². The zero-order chi connectivity index (χ0) is 17.2. The van der Waals surface area contributed by atoms with Gasteiger partial charge in [-0.25, -0.2) is 4.57 Å². The molecule has 0 radical (unpaired) electrons. The van der Waals surface area contributed by atoms with Gasteiger partial charge in [-0.3, -0.25) is 4.79 Å². The van der Waals surface area contributed by atoms with Crippen molar-refractivity contribution in [1.82, 2.24) is 0 Å². The van der Waals surface area contributed by atoms with Crippen molar-refractivity contribution in [3.8, 4) is 0 Å². The average Bonchev–Trinajstić information content (AvgIpc) is 2.94. The lowest BCUT2D eigenvalue weighted by molar-refractivity contribution is -0.688. The van der Waals surface area contributed by atoms with Crippen molar-refractivity contribution in [2.75, 3.05) is 5.32 Å². The molecule has 1 N–H and O–H groups in total. The molecular formula is C22H19ClN2O. The first-order valence-corrected chi connectivity index (χ1v) is 8.37. The molecule has 1 amide bonds. The molecule has 0 spiro atoms.